The summed E-state index contributed by atoms with van der Waals surface area (Å²) in [4.78, 5) is 48.8. The van der Waals surface area contributed by atoms with Crippen molar-refractivity contribution in [1.82, 2.24) is 19.8 Å². The molecule has 30 heavy (non-hydrogen) atoms. The van der Waals surface area contributed by atoms with Gasteiger partial charge in [0.1, 0.15) is 11.6 Å². The zero-order chi connectivity index (χ0) is 20.8. The Morgan fingerprint density at radius 1 is 1.13 bits per heavy atom. The molecule has 3 heterocycles. The predicted molar refractivity (Wildman–Crippen MR) is 106 cm³/mol. The fourth-order valence-electron chi connectivity index (χ4n) is 4.40. The van der Waals surface area contributed by atoms with E-state index in [1.807, 2.05) is 4.90 Å². The molecule has 8 heteroatoms. The number of fused-ring (bicyclic) bond motifs is 1. The van der Waals surface area contributed by atoms with Crippen LogP contribution in [0.1, 0.15) is 52.6 Å². The van der Waals surface area contributed by atoms with E-state index in [2.05, 4.69) is 4.98 Å². The number of amides is 2. The van der Waals surface area contributed by atoms with Gasteiger partial charge in [0.25, 0.3) is 11.5 Å². The van der Waals surface area contributed by atoms with Crippen molar-refractivity contribution in [3.05, 3.63) is 63.1 Å². The van der Waals surface area contributed by atoms with Gasteiger partial charge in [0.15, 0.2) is 0 Å². The molecular weight excluding hydrogens is 387 g/mol. The summed E-state index contributed by atoms with van der Waals surface area (Å²) in [6.45, 7) is 1.88. The molecule has 0 spiro atoms. The van der Waals surface area contributed by atoms with Gasteiger partial charge in [-0.15, -0.1) is 0 Å². The summed E-state index contributed by atoms with van der Waals surface area (Å²) < 4.78 is 13.5. The van der Waals surface area contributed by atoms with E-state index in [0.717, 1.165) is 12.8 Å². The largest absolute Gasteiger partial charge is 0.338 e. The summed E-state index contributed by atoms with van der Waals surface area (Å²) in [6.07, 6.45) is 3.10. The zero-order valence-corrected chi connectivity index (χ0v) is 16.6. The van der Waals surface area contributed by atoms with Gasteiger partial charge in [-0.05, 0) is 43.9 Å². The van der Waals surface area contributed by atoms with Crippen molar-refractivity contribution in [1.29, 1.82) is 0 Å². The maximum Gasteiger partial charge on any atom is 0.254 e. The Labute approximate surface area is 172 Å². The van der Waals surface area contributed by atoms with E-state index < -0.39 is 5.82 Å². The second kappa shape index (κ2) is 7.34. The van der Waals surface area contributed by atoms with Gasteiger partial charge in [0.05, 0.1) is 12.2 Å². The third kappa shape index (κ3) is 3.51. The van der Waals surface area contributed by atoms with Crippen LogP contribution < -0.4 is 5.56 Å². The van der Waals surface area contributed by atoms with E-state index in [1.165, 1.54) is 18.2 Å². The standard InChI is InChI=1S/C22H23FN4O3/c23-16-3-1-2-14(10-16)22(30)26-8-6-15(11-26)19-24-18-12-27(21(29)13-4-5-13)9-7-17(18)20(28)25-19/h1-3,10,13,15H,4-9,11-12H2,(H,24,25,28). The van der Waals surface area contributed by atoms with Gasteiger partial charge < -0.3 is 14.8 Å². The molecule has 2 amide bonds. The molecule has 1 unspecified atom stereocenters. The fraction of sp³-hybridized carbons (Fsp3) is 0.455. The number of carbonyl (C=O) groups is 2. The molecule has 1 atom stereocenters. The van der Waals surface area contributed by atoms with E-state index in [9.17, 15) is 18.8 Å². The first-order valence-corrected chi connectivity index (χ1v) is 10.4. The molecule has 0 radical (unpaired) electrons. The molecule has 1 N–H and O–H groups in total. The van der Waals surface area contributed by atoms with Crippen LogP contribution in [0.25, 0.3) is 0 Å². The summed E-state index contributed by atoms with van der Waals surface area (Å²) in [7, 11) is 0. The number of benzene rings is 1. The van der Waals surface area contributed by atoms with Crippen LogP contribution in [0.15, 0.2) is 29.1 Å². The van der Waals surface area contributed by atoms with Crippen LogP contribution in [0.4, 0.5) is 4.39 Å². The van der Waals surface area contributed by atoms with E-state index in [-0.39, 0.29) is 29.2 Å². The maximum atomic E-state index is 13.5. The third-order valence-electron chi connectivity index (χ3n) is 6.26. The Bertz CT molecular complexity index is 1080. The minimum absolute atomic E-state index is 0.0879. The van der Waals surface area contributed by atoms with Gasteiger partial charge in [-0.3, -0.25) is 14.4 Å². The topological polar surface area (TPSA) is 86.4 Å². The monoisotopic (exact) mass is 410 g/mol. The van der Waals surface area contributed by atoms with Crippen molar-refractivity contribution >= 4 is 11.8 Å². The average molecular weight is 410 g/mol. The van der Waals surface area contributed by atoms with Gasteiger partial charge in [-0.1, -0.05) is 6.07 Å². The number of nitrogens with one attached hydrogen (secondary N) is 1. The van der Waals surface area contributed by atoms with Gasteiger partial charge in [0.2, 0.25) is 5.91 Å². The number of nitrogens with zero attached hydrogens (tertiary/aromatic N) is 3. The molecule has 3 aliphatic rings. The van der Waals surface area contributed by atoms with Crippen LogP contribution >= 0.6 is 0 Å². The van der Waals surface area contributed by atoms with Gasteiger partial charge in [-0.25, -0.2) is 9.37 Å². The lowest BCUT2D eigenvalue weighted by molar-refractivity contribution is -0.133. The van der Waals surface area contributed by atoms with Crippen molar-refractivity contribution in [3.8, 4) is 0 Å². The smallest absolute Gasteiger partial charge is 0.254 e. The second-order valence-electron chi connectivity index (χ2n) is 8.41. The van der Waals surface area contributed by atoms with E-state index in [0.29, 0.717) is 61.7 Å². The van der Waals surface area contributed by atoms with Crippen LogP contribution in [0.3, 0.4) is 0 Å². The highest BCUT2D eigenvalue weighted by Gasteiger charge is 2.36. The Balaban J connectivity index is 1.33. The SMILES string of the molecule is O=C(c1cccc(F)c1)N1CCC(c2nc3c(c(=O)[nH]2)CCN(C(=O)C2CC2)C3)C1. The summed E-state index contributed by atoms with van der Waals surface area (Å²) >= 11 is 0. The molecule has 5 rings (SSSR count). The summed E-state index contributed by atoms with van der Waals surface area (Å²) in [5, 5.41) is 0. The summed E-state index contributed by atoms with van der Waals surface area (Å²) in [6, 6.07) is 5.67. The number of likely N-dealkylation sites (tertiary alicyclic amines) is 1. The van der Waals surface area contributed by atoms with Crippen molar-refractivity contribution in [2.45, 2.75) is 38.1 Å². The first-order valence-electron chi connectivity index (χ1n) is 10.4. The first-order chi connectivity index (χ1) is 14.5. The quantitative estimate of drug-likeness (QED) is 0.837. The summed E-state index contributed by atoms with van der Waals surface area (Å²) in [5.41, 5.74) is 1.49. The Hall–Kier alpha value is -3.03. The number of hydrogen-bond donors (Lipinski definition) is 1. The summed E-state index contributed by atoms with van der Waals surface area (Å²) in [5.74, 6) is 0.118. The normalized spacial score (nSPS) is 20.9. The highest BCUT2D eigenvalue weighted by Crippen LogP contribution is 2.32. The van der Waals surface area contributed by atoms with E-state index in [1.54, 1.807) is 11.0 Å². The molecule has 1 aromatic carbocycles. The van der Waals surface area contributed by atoms with Crippen LogP contribution in [0, 0.1) is 11.7 Å². The van der Waals surface area contributed by atoms with E-state index in [4.69, 9.17) is 4.98 Å². The maximum absolute atomic E-state index is 13.5. The molecule has 1 saturated carbocycles. The minimum Gasteiger partial charge on any atom is -0.338 e. The number of H-pyrrole nitrogens is 1. The molecule has 1 saturated heterocycles. The lowest BCUT2D eigenvalue weighted by atomic mass is 10.0. The number of aromatic nitrogens is 2. The van der Waals surface area contributed by atoms with Crippen LogP contribution in [0.2, 0.25) is 0 Å². The number of halogens is 1. The molecule has 7 nitrogen and oxygen atoms in total. The molecule has 1 aliphatic carbocycles. The van der Waals surface area contributed by atoms with E-state index >= 15 is 0 Å². The average Bonchev–Trinajstić information content (AvgIpc) is 3.48. The number of carbonyl (C=O) groups excluding carboxylic acids is 2. The molecule has 0 bridgehead atoms. The lowest BCUT2D eigenvalue weighted by Crippen LogP contribution is -2.40. The van der Waals surface area contributed by atoms with Crippen molar-refractivity contribution in [2.24, 2.45) is 5.92 Å². The highest BCUT2D eigenvalue weighted by atomic mass is 19.1. The van der Waals surface area contributed by atoms with Gasteiger partial charge >= 0.3 is 0 Å². The number of rotatable bonds is 3. The molecular formula is C22H23FN4O3. The number of aromatic amines is 1. The van der Waals surface area contributed by atoms with Crippen molar-refractivity contribution in [2.75, 3.05) is 19.6 Å². The van der Waals surface area contributed by atoms with Crippen molar-refractivity contribution in [3.63, 3.8) is 0 Å². The van der Waals surface area contributed by atoms with Crippen LogP contribution in [-0.4, -0.2) is 51.2 Å². The predicted octanol–water partition coefficient (Wildman–Crippen LogP) is 1.83. The highest BCUT2D eigenvalue weighted by molar-refractivity contribution is 5.94. The Morgan fingerprint density at radius 2 is 1.97 bits per heavy atom. The number of hydrogen-bond acceptors (Lipinski definition) is 4. The Kier molecular flexibility index (Phi) is 4.64. The minimum atomic E-state index is -0.442. The zero-order valence-electron chi connectivity index (χ0n) is 16.6. The Morgan fingerprint density at radius 3 is 2.73 bits per heavy atom. The molecule has 2 fully saturated rings. The van der Waals surface area contributed by atoms with Gasteiger partial charge in [0, 0.05) is 42.6 Å². The van der Waals surface area contributed by atoms with Gasteiger partial charge in [-0.2, -0.15) is 0 Å². The first kappa shape index (κ1) is 19.0. The third-order valence-corrected chi connectivity index (χ3v) is 6.26. The van der Waals surface area contributed by atoms with Crippen LogP contribution in [-0.2, 0) is 17.8 Å². The second-order valence-corrected chi connectivity index (χ2v) is 8.41. The van der Waals surface area contributed by atoms with Crippen molar-refractivity contribution < 1.29 is 14.0 Å². The molecule has 1 aromatic heterocycles. The molecule has 2 aromatic rings. The fourth-order valence-corrected chi connectivity index (χ4v) is 4.40. The molecule has 2 aliphatic heterocycles. The lowest BCUT2D eigenvalue weighted by Gasteiger charge is -2.28. The van der Waals surface area contributed by atoms with Crippen LogP contribution in [0.5, 0.6) is 0 Å². The molecule has 156 valence electrons.